The van der Waals surface area contributed by atoms with E-state index in [0.29, 0.717) is 10.6 Å². The maximum absolute atomic E-state index is 12.7. The fourth-order valence-corrected chi connectivity index (χ4v) is 4.99. The summed E-state index contributed by atoms with van der Waals surface area (Å²) < 4.78 is 7.33. The van der Waals surface area contributed by atoms with Crippen LogP contribution in [0.2, 0.25) is 0 Å². The Balaban J connectivity index is 1.77. The van der Waals surface area contributed by atoms with Gasteiger partial charge in [-0.2, -0.15) is 0 Å². The molecule has 0 saturated carbocycles. The van der Waals surface area contributed by atoms with E-state index in [4.69, 9.17) is 4.74 Å². The van der Waals surface area contributed by atoms with Crippen LogP contribution >= 0.6 is 23.1 Å². The fraction of sp³-hybridized carbons (Fsp3) is 0.391. The second-order valence-corrected chi connectivity index (χ2v) is 9.25. The minimum Gasteiger partial charge on any atom is -0.462 e. The summed E-state index contributed by atoms with van der Waals surface area (Å²) in [6, 6.07) is 9.60. The van der Waals surface area contributed by atoms with E-state index in [1.165, 1.54) is 23.1 Å². The van der Waals surface area contributed by atoms with Gasteiger partial charge in [0.2, 0.25) is 5.91 Å². The highest BCUT2D eigenvalue weighted by atomic mass is 32.2. The number of carbonyl (C=O) groups is 2. The number of amides is 1. The minimum absolute atomic E-state index is 0.167. The topological polar surface area (TPSA) is 86.1 Å². The lowest BCUT2D eigenvalue weighted by Crippen LogP contribution is -2.17. The molecule has 0 aliphatic carbocycles. The van der Waals surface area contributed by atoms with Crippen molar-refractivity contribution in [3.63, 3.8) is 0 Å². The molecule has 0 radical (unpaired) electrons. The lowest BCUT2D eigenvalue weighted by atomic mass is 10.0. The van der Waals surface area contributed by atoms with Gasteiger partial charge in [0.15, 0.2) is 5.16 Å². The molecule has 2 heterocycles. The molecule has 0 fully saturated rings. The van der Waals surface area contributed by atoms with Crippen molar-refractivity contribution in [1.29, 1.82) is 0 Å². The maximum atomic E-state index is 12.7. The molecular weight excluding hydrogens is 444 g/mol. The van der Waals surface area contributed by atoms with Crippen LogP contribution in [0.4, 0.5) is 5.00 Å². The Labute approximate surface area is 196 Å². The van der Waals surface area contributed by atoms with Gasteiger partial charge in [0.1, 0.15) is 16.4 Å². The van der Waals surface area contributed by atoms with Gasteiger partial charge >= 0.3 is 5.97 Å². The first kappa shape index (κ1) is 24.0. The number of ether oxygens (including phenoxy) is 1. The van der Waals surface area contributed by atoms with Gasteiger partial charge in [0, 0.05) is 23.4 Å². The van der Waals surface area contributed by atoms with Gasteiger partial charge in [-0.15, -0.1) is 21.5 Å². The van der Waals surface area contributed by atoms with Crippen LogP contribution < -0.4 is 5.32 Å². The average Bonchev–Trinajstić information content (AvgIpc) is 3.37. The first-order valence-corrected chi connectivity index (χ1v) is 12.5. The highest BCUT2D eigenvalue weighted by Crippen LogP contribution is 2.36. The zero-order valence-corrected chi connectivity index (χ0v) is 20.4. The first-order chi connectivity index (χ1) is 15.5. The lowest BCUT2D eigenvalue weighted by molar-refractivity contribution is -0.113. The number of hydrogen-bond donors (Lipinski definition) is 1. The molecule has 3 rings (SSSR count). The number of rotatable bonds is 10. The number of nitrogens with zero attached hydrogens (tertiary/aromatic N) is 3. The van der Waals surface area contributed by atoms with E-state index < -0.39 is 5.97 Å². The molecule has 1 N–H and O–H groups in total. The van der Waals surface area contributed by atoms with Gasteiger partial charge in [-0.3, -0.25) is 4.79 Å². The van der Waals surface area contributed by atoms with Crippen molar-refractivity contribution in [2.24, 2.45) is 0 Å². The Bertz CT molecular complexity index is 1060. The summed E-state index contributed by atoms with van der Waals surface area (Å²) in [5.41, 5.74) is 2.04. The van der Waals surface area contributed by atoms with E-state index >= 15 is 0 Å². The predicted octanol–water partition coefficient (Wildman–Crippen LogP) is 5.45. The molecule has 0 aliphatic rings. The van der Waals surface area contributed by atoms with Crippen LogP contribution in [0.15, 0.2) is 40.9 Å². The molecule has 1 amide bonds. The lowest BCUT2D eigenvalue weighted by Gasteiger charge is -2.11. The van der Waals surface area contributed by atoms with E-state index in [1.54, 1.807) is 6.92 Å². The van der Waals surface area contributed by atoms with Gasteiger partial charge in [0.25, 0.3) is 0 Å². The van der Waals surface area contributed by atoms with Crippen LogP contribution in [0.25, 0.3) is 11.1 Å². The van der Waals surface area contributed by atoms with E-state index in [0.717, 1.165) is 35.1 Å². The molecule has 32 heavy (non-hydrogen) atoms. The molecule has 1 aromatic carbocycles. The monoisotopic (exact) mass is 472 g/mol. The van der Waals surface area contributed by atoms with Gasteiger partial charge in [-0.1, -0.05) is 62.9 Å². The van der Waals surface area contributed by atoms with Crippen molar-refractivity contribution >= 4 is 40.0 Å². The van der Waals surface area contributed by atoms with E-state index in [-0.39, 0.29) is 24.2 Å². The predicted molar refractivity (Wildman–Crippen MR) is 129 cm³/mol. The number of aromatic nitrogens is 3. The van der Waals surface area contributed by atoms with Crippen LogP contribution in [-0.4, -0.2) is 39.0 Å². The van der Waals surface area contributed by atoms with Gasteiger partial charge in [0.05, 0.1) is 12.4 Å². The van der Waals surface area contributed by atoms with E-state index in [2.05, 4.69) is 40.9 Å². The van der Waals surface area contributed by atoms with Crippen LogP contribution in [0.3, 0.4) is 0 Å². The third-order valence-corrected chi connectivity index (χ3v) is 6.51. The largest absolute Gasteiger partial charge is 0.462 e. The summed E-state index contributed by atoms with van der Waals surface area (Å²) in [6.07, 6.45) is 0.956. The van der Waals surface area contributed by atoms with E-state index in [1.807, 2.05) is 35.7 Å². The number of thiophene rings is 1. The Hall–Kier alpha value is -2.65. The second kappa shape index (κ2) is 11.3. The van der Waals surface area contributed by atoms with Gasteiger partial charge in [-0.05, 0) is 18.9 Å². The number of carbonyl (C=O) groups excluding carboxylic acids is 2. The quantitative estimate of drug-likeness (QED) is 0.312. The average molecular weight is 473 g/mol. The smallest absolute Gasteiger partial charge is 0.341 e. The van der Waals surface area contributed by atoms with Crippen molar-refractivity contribution in [2.75, 3.05) is 17.7 Å². The minimum atomic E-state index is -0.445. The molecule has 0 atom stereocenters. The first-order valence-electron chi connectivity index (χ1n) is 10.7. The Morgan fingerprint density at radius 1 is 1.19 bits per heavy atom. The molecule has 2 aromatic heterocycles. The zero-order valence-electron chi connectivity index (χ0n) is 18.8. The van der Waals surface area contributed by atoms with E-state index in [9.17, 15) is 9.59 Å². The van der Waals surface area contributed by atoms with Crippen LogP contribution in [0, 0.1) is 0 Å². The summed E-state index contributed by atoms with van der Waals surface area (Å²) in [5, 5.41) is 14.6. The number of thioether (sulfide) groups is 1. The summed E-state index contributed by atoms with van der Waals surface area (Å²) >= 11 is 2.67. The van der Waals surface area contributed by atoms with Crippen molar-refractivity contribution in [2.45, 2.75) is 51.7 Å². The van der Waals surface area contributed by atoms with Crippen molar-refractivity contribution < 1.29 is 14.3 Å². The SMILES string of the molecule is CCCn1c(SCC(=O)Nc2scc(-c3ccccc3)c2C(=O)OCC)nnc1C(C)C. The van der Waals surface area contributed by atoms with Crippen LogP contribution in [0.5, 0.6) is 0 Å². The number of anilines is 1. The standard InChI is InChI=1S/C23H28N4O3S2/c1-5-12-27-20(15(3)4)25-26-23(27)32-14-18(28)24-21-19(22(29)30-6-2)17(13-31-21)16-10-8-7-9-11-16/h7-11,13,15H,5-6,12,14H2,1-4H3,(H,24,28). The highest BCUT2D eigenvalue weighted by molar-refractivity contribution is 7.99. The Morgan fingerprint density at radius 3 is 2.59 bits per heavy atom. The second-order valence-electron chi connectivity index (χ2n) is 7.42. The molecule has 0 spiro atoms. The molecule has 0 aliphatic heterocycles. The third kappa shape index (κ3) is 5.58. The van der Waals surface area contributed by atoms with Crippen LogP contribution in [-0.2, 0) is 16.1 Å². The van der Waals surface area contributed by atoms with Crippen molar-refractivity contribution in [1.82, 2.24) is 14.8 Å². The fourth-order valence-electron chi connectivity index (χ4n) is 3.25. The molecule has 7 nitrogen and oxygen atoms in total. The van der Waals surface area contributed by atoms with Gasteiger partial charge < -0.3 is 14.6 Å². The Morgan fingerprint density at radius 2 is 1.94 bits per heavy atom. The number of hydrogen-bond acceptors (Lipinski definition) is 7. The number of benzene rings is 1. The zero-order chi connectivity index (χ0) is 23.1. The van der Waals surface area contributed by atoms with Gasteiger partial charge in [-0.25, -0.2) is 4.79 Å². The molecule has 170 valence electrons. The molecule has 0 unspecified atom stereocenters. The summed E-state index contributed by atoms with van der Waals surface area (Å²) in [6.45, 7) is 9.09. The van der Waals surface area contributed by atoms with Crippen molar-refractivity contribution in [3.05, 3.63) is 47.1 Å². The van der Waals surface area contributed by atoms with Crippen molar-refractivity contribution in [3.8, 4) is 11.1 Å². The highest BCUT2D eigenvalue weighted by Gasteiger charge is 2.23. The number of nitrogens with one attached hydrogen (secondary N) is 1. The normalized spacial score (nSPS) is 11.0. The summed E-state index contributed by atoms with van der Waals surface area (Å²) in [7, 11) is 0. The maximum Gasteiger partial charge on any atom is 0.341 e. The molecule has 9 heteroatoms. The molecular formula is C23H28N4O3S2. The number of esters is 1. The van der Waals surface area contributed by atoms with Crippen LogP contribution in [0.1, 0.15) is 56.2 Å². The molecule has 0 bridgehead atoms. The summed E-state index contributed by atoms with van der Waals surface area (Å²) in [5.74, 6) is 0.691. The third-order valence-electron chi connectivity index (χ3n) is 4.65. The Kier molecular flexibility index (Phi) is 8.46. The molecule has 0 saturated heterocycles. The molecule has 3 aromatic rings. The summed E-state index contributed by atoms with van der Waals surface area (Å²) in [4.78, 5) is 25.4.